The third-order valence-corrected chi connectivity index (χ3v) is 2.37. The summed E-state index contributed by atoms with van der Waals surface area (Å²) in [6.45, 7) is 5.76. The van der Waals surface area contributed by atoms with Crippen molar-refractivity contribution in [3.63, 3.8) is 0 Å². The summed E-state index contributed by atoms with van der Waals surface area (Å²) in [6, 6.07) is 2.09. The number of hydrogen-bond acceptors (Lipinski definition) is 5. The van der Waals surface area contributed by atoms with Gasteiger partial charge in [-0.15, -0.1) is 5.10 Å². The monoisotopic (exact) mass is 249 g/mol. The lowest BCUT2D eigenvalue weighted by Gasteiger charge is -2.07. The summed E-state index contributed by atoms with van der Waals surface area (Å²) in [4.78, 5) is 11.2. The molecule has 0 saturated carbocycles. The molecular weight excluding hydrogens is 234 g/mol. The molecule has 0 bridgehead atoms. The lowest BCUT2D eigenvalue weighted by molar-refractivity contribution is -0.116. The van der Waals surface area contributed by atoms with Gasteiger partial charge in [0.05, 0.1) is 0 Å². The Bertz CT molecular complexity index is 543. The molecule has 7 heteroatoms. The minimum Gasteiger partial charge on any atom is -0.401 e. The Morgan fingerprint density at radius 3 is 2.94 bits per heavy atom. The number of rotatable bonds is 4. The molecule has 0 saturated heterocycles. The molecule has 0 aliphatic heterocycles. The van der Waals surface area contributed by atoms with E-state index in [1.807, 2.05) is 13.8 Å². The third kappa shape index (κ3) is 2.39. The van der Waals surface area contributed by atoms with Crippen LogP contribution in [0, 0.1) is 0 Å². The van der Waals surface area contributed by atoms with Crippen molar-refractivity contribution in [3.8, 4) is 11.6 Å². The molecule has 0 spiro atoms. The number of nitrogens with one attached hydrogen (secondary N) is 1. The first-order valence-corrected chi connectivity index (χ1v) is 5.79. The van der Waals surface area contributed by atoms with Crippen LogP contribution in [0.5, 0.6) is 0 Å². The molecule has 0 unspecified atom stereocenters. The number of amides is 1. The van der Waals surface area contributed by atoms with Crippen molar-refractivity contribution < 1.29 is 9.21 Å². The molecule has 18 heavy (non-hydrogen) atoms. The number of nitrogens with zero attached hydrogens (tertiary/aromatic N) is 4. The molecule has 0 fully saturated rings. The summed E-state index contributed by atoms with van der Waals surface area (Å²) in [5, 5.41) is 14.4. The molecule has 1 N–H and O–H groups in total. The van der Waals surface area contributed by atoms with E-state index in [4.69, 9.17) is 4.42 Å². The third-order valence-electron chi connectivity index (χ3n) is 2.37. The van der Waals surface area contributed by atoms with Gasteiger partial charge in [0, 0.05) is 18.7 Å². The maximum atomic E-state index is 11.2. The summed E-state index contributed by atoms with van der Waals surface area (Å²) in [6.07, 6.45) is 2.03. The van der Waals surface area contributed by atoms with E-state index in [0.717, 1.165) is 5.69 Å². The SMILES string of the molecule is CCC(=O)Nc1nnc(-c2ccnn2C(C)C)o1. The second-order valence-corrected chi connectivity index (χ2v) is 4.07. The van der Waals surface area contributed by atoms with E-state index in [2.05, 4.69) is 20.6 Å². The minimum atomic E-state index is -0.164. The zero-order valence-electron chi connectivity index (χ0n) is 10.5. The number of anilines is 1. The molecule has 2 heterocycles. The highest BCUT2D eigenvalue weighted by atomic mass is 16.4. The van der Waals surface area contributed by atoms with Gasteiger partial charge in [-0.05, 0) is 19.9 Å². The van der Waals surface area contributed by atoms with Gasteiger partial charge < -0.3 is 4.42 Å². The highest BCUT2D eigenvalue weighted by molar-refractivity contribution is 5.88. The number of aromatic nitrogens is 4. The standard InChI is InChI=1S/C11H15N5O2/c1-4-9(17)13-11-15-14-10(18-11)8-5-6-12-16(8)7(2)3/h5-7H,4H2,1-3H3,(H,13,15,17). The zero-order chi connectivity index (χ0) is 13.1. The lowest BCUT2D eigenvalue weighted by atomic mass is 10.3. The van der Waals surface area contributed by atoms with E-state index in [0.29, 0.717) is 12.3 Å². The van der Waals surface area contributed by atoms with Crippen LogP contribution in [0.15, 0.2) is 16.7 Å². The van der Waals surface area contributed by atoms with E-state index in [9.17, 15) is 4.79 Å². The van der Waals surface area contributed by atoms with Crippen molar-refractivity contribution in [1.29, 1.82) is 0 Å². The number of hydrogen-bond donors (Lipinski definition) is 1. The van der Waals surface area contributed by atoms with Crippen molar-refractivity contribution in [2.45, 2.75) is 33.2 Å². The smallest absolute Gasteiger partial charge is 0.322 e. The maximum absolute atomic E-state index is 11.2. The van der Waals surface area contributed by atoms with E-state index in [-0.39, 0.29) is 18.0 Å². The van der Waals surface area contributed by atoms with Crippen LogP contribution in [0.3, 0.4) is 0 Å². The van der Waals surface area contributed by atoms with Crippen LogP contribution >= 0.6 is 0 Å². The van der Waals surface area contributed by atoms with E-state index < -0.39 is 0 Å². The predicted molar refractivity (Wildman–Crippen MR) is 64.8 cm³/mol. The van der Waals surface area contributed by atoms with Crippen LogP contribution in [0.1, 0.15) is 33.2 Å². The van der Waals surface area contributed by atoms with Crippen molar-refractivity contribution in [1.82, 2.24) is 20.0 Å². The van der Waals surface area contributed by atoms with Crippen LogP contribution in [-0.4, -0.2) is 25.9 Å². The molecule has 0 atom stereocenters. The molecule has 96 valence electrons. The molecule has 2 aromatic heterocycles. The zero-order valence-corrected chi connectivity index (χ0v) is 10.5. The Morgan fingerprint density at radius 2 is 2.28 bits per heavy atom. The first kappa shape index (κ1) is 12.3. The first-order valence-electron chi connectivity index (χ1n) is 5.79. The highest BCUT2D eigenvalue weighted by Crippen LogP contribution is 2.22. The van der Waals surface area contributed by atoms with Crippen LogP contribution in [0.25, 0.3) is 11.6 Å². The Kier molecular flexibility index (Phi) is 3.40. The minimum absolute atomic E-state index is 0.105. The highest BCUT2D eigenvalue weighted by Gasteiger charge is 2.15. The van der Waals surface area contributed by atoms with Gasteiger partial charge in [-0.25, -0.2) is 0 Å². The maximum Gasteiger partial charge on any atom is 0.322 e. The van der Waals surface area contributed by atoms with Gasteiger partial charge >= 0.3 is 6.01 Å². The Hall–Kier alpha value is -2.18. The number of carbonyl (C=O) groups is 1. The normalized spacial score (nSPS) is 10.9. The van der Waals surface area contributed by atoms with Crippen LogP contribution < -0.4 is 5.32 Å². The molecule has 2 rings (SSSR count). The average molecular weight is 249 g/mol. The van der Waals surface area contributed by atoms with Gasteiger partial charge in [-0.2, -0.15) is 5.10 Å². The van der Waals surface area contributed by atoms with Crippen molar-refractivity contribution in [2.24, 2.45) is 0 Å². The molecule has 1 amide bonds. The van der Waals surface area contributed by atoms with E-state index in [1.54, 1.807) is 23.9 Å². The van der Waals surface area contributed by atoms with Gasteiger partial charge in [0.1, 0.15) is 5.69 Å². The molecule has 2 aromatic rings. The largest absolute Gasteiger partial charge is 0.401 e. The summed E-state index contributed by atoms with van der Waals surface area (Å²) >= 11 is 0. The molecular formula is C11H15N5O2. The number of carbonyl (C=O) groups excluding carboxylic acids is 1. The summed E-state index contributed by atoms with van der Waals surface area (Å²) in [5.41, 5.74) is 0.731. The molecule has 0 aliphatic rings. The molecule has 0 radical (unpaired) electrons. The second kappa shape index (κ2) is 4.99. The van der Waals surface area contributed by atoms with Crippen LogP contribution in [0.4, 0.5) is 6.01 Å². The van der Waals surface area contributed by atoms with Gasteiger partial charge in [0.2, 0.25) is 5.91 Å². The van der Waals surface area contributed by atoms with Crippen molar-refractivity contribution in [2.75, 3.05) is 5.32 Å². The first-order chi connectivity index (χ1) is 8.61. The summed E-state index contributed by atoms with van der Waals surface area (Å²) in [7, 11) is 0. The Balaban J connectivity index is 2.24. The van der Waals surface area contributed by atoms with Crippen molar-refractivity contribution in [3.05, 3.63) is 12.3 Å². The van der Waals surface area contributed by atoms with Crippen LogP contribution in [-0.2, 0) is 4.79 Å². The molecule has 7 nitrogen and oxygen atoms in total. The predicted octanol–water partition coefficient (Wildman–Crippen LogP) is 1.86. The van der Waals surface area contributed by atoms with Gasteiger partial charge in [0.15, 0.2) is 0 Å². The fraction of sp³-hybridized carbons (Fsp3) is 0.455. The fourth-order valence-electron chi connectivity index (χ4n) is 1.48. The quantitative estimate of drug-likeness (QED) is 0.893. The molecule has 0 aliphatic carbocycles. The van der Waals surface area contributed by atoms with E-state index in [1.165, 1.54) is 0 Å². The van der Waals surface area contributed by atoms with Gasteiger partial charge in [-0.1, -0.05) is 12.0 Å². The van der Waals surface area contributed by atoms with Gasteiger partial charge in [0.25, 0.3) is 5.89 Å². The summed E-state index contributed by atoms with van der Waals surface area (Å²) < 4.78 is 7.15. The van der Waals surface area contributed by atoms with Crippen molar-refractivity contribution >= 4 is 11.9 Å². The lowest BCUT2D eigenvalue weighted by Crippen LogP contribution is -2.09. The Labute approximate surface area is 104 Å². The second-order valence-electron chi connectivity index (χ2n) is 4.07. The molecule has 0 aromatic carbocycles. The average Bonchev–Trinajstić information content (AvgIpc) is 2.95. The summed E-state index contributed by atoms with van der Waals surface area (Å²) in [5.74, 6) is 0.176. The van der Waals surface area contributed by atoms with Gasteiger partial charge in [-0.3, -0.25) is 14.8 Å². The van der Waals surface area contributed by atoms with E-state index >= 15 is 0 Å². The Morgan fingerprint density at radius 1 is 1.50 bits per heavy atom. The van der Waals surface area contributed by atoms with Crippen LogP contribution in [0.2, 0.25) is 0 Å². The topological polar surface area (TPSA) is 85.8 Å². The fourth-order valence-corrected chi connectivity index (χ4v) is 1.48.